The summed E-state index contributed by atoms with van der Waals surface area (Å²) in [5.74, 6) is 0.431. The molecule has 0 saturated carbocycles. The minimum atomic E-state index is 0.431. The first-order valence-corrected chi connectivity index (χ1v) is 10.3. The van der Waals surface area contributed by atoms with Gasteiger partial charge in [0.05, 0.1) is 16.9 Å². The first-order valence-electron chi connectivity index (χ1n) is 9.45. The molecule has 0 radical (unpaired) electrons. The summed E-state index contributed by atoms with van der Waals surface area (Å²) >= 11 is 1.76. The molecule has 0 bridgehead atoms. The topological polar surface area (TPSA) is 37.8 Å². The van der Waals surface area contributed by atoms with Crippen LogP contribution in [0.15, 0.2) is 82.8 Å². The standard InChI is InChI=1S/C24H23N3S/c1-16(2)18-14-22-24(26-15-18)20(11-12-25-22)27-21-13-17(3)9-10-23(21)28-19-7-5-4-6-8-19/h4-16H,1-3H3,(H,25,27). The molecule has 1 N–H and O–H groups in total. The Hall–Kier alpha value is -2.85. The van der Waals surface area contributed by atoms with Crippen molar-refractivity contribution in [1.82, 2.24) is 9.97 Å². The van der Waals surface area contributed by atoms with Crippen LogP contribution in [0.3, 0.4) is 0 Å². The zero-order valence-corrected chi connectivity index (χ0v) is 17.1. The summed E-state index contributed by atoms with van der Waals surface area (Å²) in [6, 6.07) is 21.1. The normalized spacial score (nSPS) is 11.1. The summed E-state index contributed by atoms with van der Waals surface area (Å²) in [6.45, 7) is 6.45. The van der Waals surface area contributed by atoms with Crippen molar-refractivity contribution in [2.45, 2.75) is 36.5 Å². The molecule has 0 aliphatic carbocycles. The number of anilines is 2. The highest BCUT2D eigenvalue weighted by molar-refractivity contribution is 7.99. The van der Waals surface area contributed by atoms with E-state index in [0.717, 1.165) is 22.4 Å². The van der Waals surface area contributed by atoms with Gasteiger partial charge in [0.2, 0.25) is 0 Å². The molecule has 0 unspecified atom stereocenters. The Labute approximate surface area is 170 Å². The summed E-state index contributed by atoms with van der Waals surface area (Å²) in [7, 11) is 0. The predicted octanol–water partition coefficient (Wildman–Crippen LogP) is 6.96. The third-order valence-electron chi connectivity index (χ3n) is 4.64. The predicted molar refractivity (Wildman–Crippen MR) is 119 cm³/mol. The Morgan fingerprint density at radius 3 is 2.50 bits per heavy atom. The fourth-order valence-electron chi connectivity index (χ4n) is 3.05. The van der Waals surface area contributed by atoms with E-state index in [1.54, 1.807) is 11.8 Å². The third-order valence-corrected chi connectivity index (χ3v) is 5.72. The number of hydrogen-bond donors (Lipinski definition) is 1. The fourth-order valence-corrected chi connectivity index (χ4v) is 3.96. The minimum absolute atomic E-state index is 0.431. The van der Waals surface area contributed by atoms with Gasteiger partial charge in [0.1, 0.15) is 5.52 Å². The average molecular weight is 386 g/mol. The SMILES string of the molecule is Cc1ccc(Sc2ccccc2)c(Nc2ccnc3cc(C(C)C)cnc23)c1. The fraction of sp³-hybridized carbons (Fsp3) is 0.167. The molecule has 3 nitrogen and oxygen atoms in total. The Balaban J connectivity index is 1.72. The summed E-state index contributed by atoms with van der Waals surface area (Å²) in [5, 5.41) is 3.60. The van der Waals surface area contributed by atoms with Gasteiger partial charge < -0.3 is 5.32 Å². The Morgan fingerprint density at radius 1 is 0.893 bits per heavy atom. The molecule has 0 aliphatic heterocycles. The maximum atomic E-state index is 4.70. The van der Waals surface area contributed by atoms with Crippen LogP contribution in [0.4, 0.5) is 11.4 Å². The number of aromatic nitrogens is 2. The van der Waals surface area contributed by atoms with Crippen molar-refractivity contribution in [3.8, 4) is 0 Å². The third kappa shape index (κ3) is 4.02. The number of rotatable bonds is 5. The molecule has 140 valence electrons. The maximum Gasteiger partial charge on any atom is 0.112 e. The largest absolute Gasteiger partial charge is 0.353 e. The van der Waals surface area contributed by atoms with Crippen LogP contribution in [0, 0.1) is 6.92 Å². The zero-order valence-electron chi connectivity index (χ0n) is 16.3. The van der Waals surface area contributed by atoms with E-state index in [-0.39, 0.29) is 0 Å². The Bertz CT molecular complexity index is 1110. The van der Waals surface area contributed by atoms with Gasteiger partial charge in [-0.15, -0.1) is 0 Å². The van der Waals surface area contributed by atoms with E-state index >= 15 is 0 Å². The second kappa shape index (κ2) is 8.03. The van der Waals surface area contributed by atoms with Gasteiger partial charge in [0, 0.05) is 22.2 Å². The van der Waals surface area contributed by atoms with Gasteiger partial charge in [-0.3, -0.25) is 9.97 Å². The van der Waals surface area contributed by atoms with Crippen LogP contribution < -0.4 is 5.32 Å². The van der Waals surface area contributed by atoms with Crippen LogP contribution in [0.25, 0.3) is 11.0 Å². The van der Waals surface area contributed by atoms with Crippen molar-refractivity contribution in [3.05, 3.63) is 84.2 Å². The summed E-state index contributed by atoms with van der Waals surface area (Å²) < 4.78 is 0. The Morgan fingerprint density at radius 2 is 1.71 bits per heavy atom. The van der Waals surface area contributed by atoms with E-state index in [1.165, 1.54) is 20.9 Å². The van der Waals surface area contributed by atoms with E-state index in [2.05, 4.69) is 79.6 Å². The van der Waals surface area contributed by atoms with E-state index in [1.807, 2.05) is 24.5 Å². The number of fused-ring (bicyclic) bond motifs is 1. The molecule has 4 rings (SSSR count). The lowest BCUT2D eigenvalue weighted by molar-refractivity contribution is 0.861. The number of aryl methyl sites for hydroxylation is 1. The molecule has 0 saturated heterocycles. The molecular formula is C24H23N3S. The molecule has 2 heterocycles. The number of nitrogens with zero attached hydrogens (tertiary/aromatic N) is 2. The van der Waals surface area contributed by atoms with Crippen molar-refractivity contribution >= 4 is 34.2 Å². The molecule has 0 fully saturated rings. The molecular weight excluding hydrogens is 362 g/mol. The summed E-state index contributed by atoms with van der Waals surface area (Å²) in [6.07, 6.45) is 3.80. The molecule has 4 aromatic rings. The highest BCUT2D eigenvalue weighted by Crippen LogP contribution is 2.36. The van der Waals surface area contributed by atoms with Crippen molar-refractivity contribution < 1.29 is 0 Å². The molecule has 28 heavy (non-hydrogen) atoms. The van der Waals surface area contributed by atoms with Crippen molar-refractivity contribution in [3.63, 3.8) is 0 Å². The van der Waals surface area contributed by atoms with Crippen LogP contribution in [0.5, 0.6) is 0 Å². The smallest absolute Gasteiger partial charge is 0.112 e. The maximum absolute atomic E-state index is 4.70. The van der Waals surface area contributed by atoms with Crippen LogP contribution in [-0.2, 0) is 0 Å². The molecule has 2 aromatic carbocycles. The Kier molecular flexibility index (Phi) is 5.31. The van der Waals surface area contributed by atoms with Crippen molar-refractivity contribution in [2.75, 3.05) is 5.32 Å². The van der Waals surface area contributed by atoms with Crippen LogP contribution >= 0.6 is 11.8 Å². The number of hydrogen-bond acceptors (Lipinski definition) is 4. The monoisotopic (exact) mass is 385 g/mol. The molecule has 2 aromatic heterocycles. The van der Waals surface area contributed by atoms with Gasteiger partial charge in [-0.1, -0.05) is 49.9 Å². The second-order valence-electron chi connectivity index (χ2n) is 7.19. The zero-order chi connectivity index (χ0) is 19.5. The number of nitrogens with one attached hydrogen (secondary N) is 1. The van der Waals surface area contributed by atoms with Gasteiger partial charge in [0.15, 0.2) is 0 Å². The van der Waals surface area contributed by atoms with Crippen LogP contribution in [-0.4, -0.2) is 9.97 Å². The molecule has 0 spiro atoms. The summed E-state index contributed by atoms with van der Waals surface area (Å²) in [5.41, 5.74) is 6.28. The van der Waals surface area contributed by atoms with Gasteiger partial charge in [-0.2, -0.15) is 0 Å². The summed E-state index contributed by atoms with van der Waals surface area (Å²) in [4.78, 5) is 11.6. The lowest BCUT2D eigenvalue weighted by Crippen LogP contribution is -1.98. The van der Waals surface area contributed by atoms with Gasteiger partial charge in [-0.05, 0) is 60.4 Å². The highest BCUT2D eigenvalue weighted by atomic mass is 32.2. The van der Waals surface area contributed by atoms with Gasteiger partial charge >= 0.3 is 0 Å². The van der Waals surface area contributed by atoms with Crippen LogP contribution in [0.2, 0.25) is 0 Å². The second-order valence-corrected chi connectivity index (χ2v) is 8.30. The minimum Gasteiger partial charge on any atom is -0.353 e. The van der Waals surface area contributed by atoms with E-state index in [9.17, 15) is 0 Å². The van der Waals surface area contributed by atoms with Gasteiger partial charge in [0.25, 0.3) is 0 Å². The molecule has 0 amide bonds. The first kappa shape index (κ1) is 18.5. The number of benzene rings is 2. The van der Waals surface area contributed by atoms with Crippen molar-refractivity contribution in [1.29, 1.82) is 0 Å². The van der Waals surface area contributed by atoms with Gasteiger partial charge in [-0.25, -0.2) is 0 Å². The lowest BCUT2D eigenvalue weighted by atomic mass is 10.1. The highest BCUT2D eigenvalue weighted by Gasteiger charge is 2.10. The van der Waals surface area contributed by atoms with E-state index in [4.69, 9.17) is 4.98 Å². The quantitative estimate of drug-likeness (QED) is 0.403. The average Bonchev–Trinajstić information content (AvgIpc) is 2.70. The first-order chi connectivity index (χ1) is 13.6. The van der Waals surface area contributed by atoms with Crippen LogP contribution in [0.1, 0.15) is 30.9 Å². The molecule has 4 heteroatoms. The van der Waals surface area contributed by atoms with E-state index < -0.39 is 0 Å². The molecule has 0 atom stereocenters. The number of pyridine rings is 2. The molecule has 0 aliphatic rings. The lowest BCUT2D eigenvalue weighted by Gasteiger charge is -2.14. The van der Waals surface area contributed by atoms with E-state index in [0.29, 0.717) is 5.92 Å². The van der Waals surface area contributed by atoms with Crippen molar-refractivity contribution in [2.24, 2.45) is 0 Å².